The molecule has 7 heteroatoms. The van der Waals surface area contributed by atoms with Gasteiger partial charge >= 0.3 is 16.2 Å². The summed E-state index contributed by atoms with van der Waals surface area (Å²) in [5.74, 6) is -1.02. The zero-order valence-electron chi connectivity index (χ0n) is 10.5. The SMILES string of the molecule is CCc1cc(NS(=O)(=O)N(C)C)ccc1C(=O)O. The lowest BCUT2D eigenvalue weighted by atomic mass is 10.0. The molecule has 0 spiro atoms. The van der Waals surface area contributed by atoms with Crippen LogP contribution in [-0.2, 0) is 16.6 Å². The van der Waals surface area contributed by atoms with Crippen LogP contribution in [0.1, 0.15) is 22.8 Å². The standard InChI is InChI=1S/C11H16N2O4S/c1-4-8-7-9(5-6-10(8)11(14)15)12-18(16,17)13(2)3/h5-7,12H,4H2,1-3H3,(H,14,15). The first-order chi connectivity index (χ1) is 8.27. The molecule has 0 aliphatic rings. The topological polar surface area (TPSA) is 86.7 Å². The number of carboxylic acids is 1. The van der Waals surface area contributed by atoms with Gasteiger partial charge in [-0.3, -0.25) is 4.72 Å². The largest absolute Gasteiger partial charge is 0.478 e. The minimum absolute atomic E-state index is 0.185. The Morgan fingerprint density at radius 3 is 2.44 bits per heavy atom. The van der Waals surface area contributed by atoms with E-state index < -0.39 is 16.2 Å². The van der Waals surface area contributed by atoms with Crippen LogP contribution in [0, 0.1) is 0 Å². The first kappa shape index (κ1) is 14.5. The van der Waals surface area contributed by atoms with E-state index in [0.717, 1.165) is 4.31 Å². The van der Waals surface area contributed by atoms with E-state index in [-0.39, 0.29) is 5.56 Å². The molecule has 1 rings (SSSR count). The maximum atomic E-state index is 11.6. The van der Waals surface area contributed by atoms with Gasteiger partial charge in [0.25, 0.3) is 0 Å². The molecule has 6 nitrogen and oxygen atoms in total. The van der Waals surface area contributed by atoms with Crippen LogP contribution in [0.4, 0.5) is 5.69 Å². The highest BCUT2D eigenvalue weighted by Gasteiger charge is 2.15. The lowest BCUT2D eigenvalue weighted by Gasteiger charge is -2.14. The second-order valence-electron chi connectivity index (χ2n) is 3.92. The summed E-state index contributed by atoms with van der Waals surface area (Å²) < 4.78 is 26.6. The van der Waals surface area contributed by atoms with Crippen molar-refractivity contribution in [2.45, 2.75) is 13.3 Å². The molecule has 0 bridgehead atoms. The number of aromatic carboxylic acids is 1. The molecule has 0 aliphatic carbocycles. The summed E-state index contributed by atoms with van der Waals surface area (Å²) >= 11 is 0. The van der Waals surface area contributed by atoms with E-state index >= 15 is 0 Å². The van der Waals surface area contributed by atoms with Crippen molar-refractivity contribution in [1.82, 2.24) is 4.31 Å². The number of rotatable bonds is 5. The number of anilines is 1. The van der Waals surface area contributed by atoms with Gasteiger partial charge in [0, 0.05) is 14.1 Å². The Morgan fingerprint density at radius 2 is 2.00 bits per heavy atom. The van der Waals surface area contributed by atoms with E-state index in [2.05, 4.69) is 4.72 Å². The van der Waals surface area contributed by atoms with Crippen LogP contribution in [0.5, 0.6) is 0 Å². The molecule has 0 heterocycles. The second kappa shape index (κ2) is 5.36. The Labute approximate surface area is 106 Å². The van der Waals surface area contributed by atoms with E-state index in [9.17, 15) is 13.2 Å². The summed E-state index contributed by atoms with van der Waals surface area (Å²) in [6, 6.07) is 4.36. The molecular weight excluding hydrogens is 256 g/mol. The van der Waals surface area contributed by atoms with Crippen LogP contribution in [0.15, 0.2) is 18.2 Å². The number of carbonyl (C=O) groups is 1. The molecule has 0 atom stereocenters. The van der Waals surface area contributed by atoms with Gasteiger partial charge in [0.1, 0.15) is 0 Å². The number of nitrogens with one attached hydrogen (secondary N) is 1. The van der Waals surface area contributed by atoms with Gasteiger partial charge < -0.3 is 5.11 Å². The molecule has 0 saturated carbocycles. The predicted molar refractivity (Wildman–Crippen MR) is 69.0 cm³/mol. The lowest BCUT2D eigenvalue weighted by Crippen LogP contribution is -2.29. The molecule has 1 aromatic carbocycles. The quantitative estimate of drug-likeness (QED) is 0.842. The van der Waals surface area contributed by atoms with Crippen LogP contribution in [0.2, 0.25) is 0 Å². The molecule has 0 saturated heterocycles. The number of nitrogens with zero attached hydrogens (tertiary/aromatic N) is 1. The number of hydrogen-bond acceptors (Lipinski definition) is 3. The maximum Gasteiger partial charge on any atom is 0.335 e. The van der Waals surface area contributed by atoms with Crippen molar-refractivity contribution in [2.75, 3.05) is 18.8 Å². The molecular formula is C11H16N2O4S. The van der Waals surface area contributed by atoms with Gasteiger partial charge in [-0.1, -0.05) is 6.92 Å². The predicted octanol–water partition coefficient (Wildman–Crippen LogP) is 1.17. The number of hydrogen-bond donors (Lipinski definition) is 2. The third-order valence-electron chi connectivity index (χ3n) is 2.44. The second-order valence-corrected chi connectivity index (χ2v) is 5.80. The Hall–Kier alpha value is -1.60. The van der Waals surface area contributed by atoms with Crippen LogP contribution < -0.4 is 4.72 Å². The third kappa shape index (κ3) is 3.21. The highest BCUT2D eigenvalue weighted by molar-refractivity contribution is 7.90. The fourth-order valence-corrected chi connectivity index (χ4v) is 2.01. The molecule has 0 unspecified atom stereocenters. The van der Waals surface area contributed by atoms with Crippen molar-refractivity contribution in [2.24, 2.45) is 0 Å². The van der Waals surface area contributed by atoms with E-state index in [0.29, 0.717) is 17.7 Å². The van der Waals surface area contributed by atoms with Crippen molar-refractivity contribution >= 4 is 21.9 Å². The van der Waals surface area contributed by atoms with Gasteiger partial charge in [0.15, 0.2) is 0 Å². The number of carboxylic acid groups (broad SMARTS) is 1. The highest BCUT2D eigenvalue weighted by Crippen LogP contribution is 2.18. The first-order valence-electron chi connectivity index (χ1n) is 5.34. The molecule has 2 N–H and O–H groups in total. The summed E-state index contributed by atoms with van der Waals surface area (Å²) in [4.78, 5) is 10.9. The molecule has 1 aromatic rings. The molecule has 0 radical (unpaired) electrons. The Bertz CT molecular complexity index is 552. The minimum atomic E-state index is -3.57. The van der Waals surface area contributed by atoms with Gasteiger partial charge in [-0.05, 0) is 30.2 Å². The summed E-state index contributed by atoms with van der Waals surface area (Å²) in [5.41, 5.74) is 1.12. The Balaban J connectivity index is 3.11. The Kier molecular flexibility index (Phi) is 4.31. The van der Waals surface area contributed by atoms with E-state index in [1.54, 1.807) is 0 Å². The summed E-state index contributed by atoms with van der Waals surface area (Å²) in [6.45, 7) is 1.81. The lowest BCUT2D eigenvalue weighted by molar-refractivity contribution is 0.0696. The third-order valence-corrected chi connectivity index (χ3v) is 3.90. The fourth-order valence-electron chi connectivity index (χ4n) is 1.40. The molecule has 0 amide bonds. The van der Waals surface area contributed by atoms with Crippen LogP contribution >= 0.6 is 0 Å². The molecule has 0 aromatic heterocycles. The van der Waals surface area contributed by atoms with Crippen molar-refractivity contribution in [3.63, 3.8) is 0 Å². The van der Waals surface area contributed by atoms with Crippen LogP contribution in [0.3, 0.4) is 0 Å². The zero-order valence-corrected chi connectivity index (χ0v) is 11.3. The number of benzene rings is 1. The van der Waals surface area contributed by atoms with E-state index in [4.69, 9.17) is 5.11 Å². The van der Waals surface area contributed by atoms with Gasteiger partial charge in [-0.2, -0.15) is 12.7 Å². The minimum Gasteiger partial charge on any atom is -0.478 e. The maximum absolute atomic E-state index is 11.6. The summed E-state index contributed by atoms with van der Waals surface area (Å²) in [6.07, 6.45) is 0.513. The highest BCUT2D eigenvalue weighted by atomic mass is 32.2. The van der Waals surface area contributed by atoms with Gasteiger partial charge in [-0.25, -0.2) is 4.79 Å². The molecule has 18 heavy (non-hydrogen) atoms. The summed E-state index contributed by atoms with van der Waals surface area (Å²) in [5, 5.41) is 8.96. The van der Waals surface area contributed by atoms with E-state index in [1.807, 2.05) is 6.92 Å². The van der Waals surface area contributed by atoms with Crippen LogP contribution in [0.25, 0.3) is 0 Å². The molecule has 0 aliphatic heterocycles. The van der Waals surface area contributed by atoms with Gasteiger partial charge in [0.2, 0.25) is 0 Å². The van der Waals surface area contributed by atoms with Crippen molar-refractivity contribution in [3.05, 3.63) is 29.3 Å². The first-order valence-corrected chi connectivity index (χ1v) is 6.78. The van der Waals surface area contributed by atoms with Crippen molar-refractivity contribution in [1.29, 1.82) is 0 Å². The molecule has 0 fully saturated rings. The molecule has 100 valence electrons. The average Bonchev–Trinajstić information content (AvgIpc) is 2.27. The average molecular weight is 272 g/mol. The fraction of sp³-hybridized carbons (Fsp3) is 0.364. The van der Waals surface area contributed by atoms with Gasteiger partial charge in [0.05, 0.1) is 11.3 Å². The summed E-state index contributed by atoms with van der Waals surface area (Å²) in [7, 11) is -0.751. The number of aryl methyl sites for hydroxylation is 1. The van der Waals surface area contributed by atoms with Crippen molar-refractivity contribution < 1.29 is 18.3 Å². The van der Waals surface area contributed by atoms with Crippen molar-refractivity contribution in [3.8, 4) is 0 Å². The van der Waals surface area contributed by atoms with Crippen LogP contribution in [-0.4, -0.2) is 37.9 Å². The zero-order chi connectivity index (χ0) is 13.9. The normalized spacial score (nSPS) is 11.6. The van der Waals surface area contributed by atoms with Gasteiger partial charge in [-0.15, -0.1) is 0 Å². The monoisotopic (exact) mass is 272 g/mol. The van der Waals surface area contributed by atoms with E-state index in [1.165, 1.54) is 32.3 Å². The Morgan fingerprint density at radius 1 is 1.39 bits per heavy atom. The smallest absolute Gasteiger partial charge is 0.335 e.